The van der Waals surface area contributed by atoms with Gasteiger partial charge in [-0.15, -0.1) is 16.7 Å². The highest BCUT2D eigenvalue weighted by molar-refractivity contribution is 8.06. The average molecular weight is 640 g/mol. The number of nitrogens with zero attached hydrogens (tertiary/aromatic N) is 5. The fourth-order valence-electron chi connectivity index (χ4n) is 3.74. The lowest BCUT2D eigenvalue weighted by Gasteiger charge is -2.49. The van der Waals surface area contributed by atoms with Gasteiger partial charge < -0.3 is 21.9 Å². The normalized spacial score (nSPS) is 19.6. The largest absolute Gasteiger partial charge is 0.477 e. The number of hydrogen-bond acceptors (Lipinski definition) is 15. The van der Waals surface area contributed by atoms with E-state index in [1.165, 1.54) is 30.4 Å². The molecule has 2 aliphatic heterocycles. The molecule has 0 aliphatic carbocycles. The summed E-state index contributed by atoms with van der Waals surface area (Å²) in [5, 5.41) is 17.0. The number of β-lactam (4-membered cyclic amide) rings is 1. The van der Waals surface area contributed by atoms with Crippen molar-refractivity contribution in [3.63, 3.8) is 0 Å². The van der Waals surface area contributed by atoms with Crippen LogP contribution >= 0.6 is 46.8 Å². The van der Waals surface area contributed by atoms with Gasteiger partial charge in [0.2, 0.25) is 17.1 Å². The van der Waals surface area contributed by atoms with Crippen LogP contribution in [0.25, 0.3) is 0 Å². The van der Waals surface area contributed by atoms with Crippen LogP contribution in [0.4, 0.5) is 5.13 Å². The van der Waals surface area contributed by atoms with Gasteiger partial charge in [-0.25, -0.2) is 9.78 Å². The van der Waals surface area contributed by atoms with Crippen molar-refractivity contribution in [2.45, 2.75) is 41.1 Å². The van der Waals surface area contributed by atoms with Crippen LogP contribution in [0, 0.1) is 4.91 Å². The Hall–Kier alpha value is -3.10. The SMILES string of the molecule is C[C@H](N)C(=O)Nc1nc(C(N=O)C(=O)N[C@@H]2C(=O)N3C(C(=O)O)=C(Sc4cccnc4CSCCN)CS[C@@H]23)ns1. The minimum absolute atomic E-state index is 0.0218. The number of thioether (sulfide) groups is 3. The first kappa shape index (κ1) is 30.8. The Morgan fingerprint density at radius 2 is 2.12 bits per heavy atom. The summed E-state index contributed by atoms with van der Waals surface area (Å²) in [6.45, 7) is 1.99. The summed E-state index contributed by atoms with van der Waals surface area (Å²) in [7, 11) is 0. The molecule has 0 aromatic carbocycles. The first-order chi connectivity index (χ1) is 19.7. The molecule has 1 unspecified atom stereocenters. The van der Waals surface area contributed by atoms with Crippen molar-refractivity contribution in [1.29, 1.82) is 0 Å². The fourth-order valence-corrected chi connectivity index (χ4v) is 7.74. The van der Waals surface area contributed by atoms with E-state index in [4.69, 9.17) is 11.5 Å². The molecule has 15 nitrogen and oxygen atoms in total. The molecule has 41 heavy (non-hydrogen) atoms. The van der Waals surface area contributed by atoms with Gasteiger partial charge in [0.25, 0.3) is 11.8 Å². The zero-order chi connectivity index (χ0) is 29.7. The number of aromatic nitrogens is 3. The van der Waals surface area contributed by atoms with Crippen molar-refractivity contribution in [1.82, 2.24) is 24.6 Å². The van der Waals surface area contributed by atoms with Crippen LogP contribution in [0.3, 0.4) is 0 Å². The minimum Gasteiger partial charge on any atom is -0.477 e. The smallest absolute Gasteiger partial charge is 0.353 e. The van der Waals surface area contributed by atoms with Crippen LogP contribution in [0.1, 0.15) is 24.5 Å². The third-order valence-electron chi connectivity index (χ3n) is 5.70. The maximum Gasteiger partial charge on any atom is 0.353 e. The molecule has 19 heteroatoms. The number of nitrogens with one attached hydrogen (secondary N) is 2. The summed E-state index contributed by atoms with van der Waals surface area (Å²) in [5.41, 5.74) is 11.7. The molecule has 2 aromatic rings. The zero-order valence-electron chi connectivity index (χ0n) is 21.4. The Labute approximate surface area is 250 Å². The summed E-state index contributed by atoms with van der Waals surface area (Å²) in [5.74, 6) is -2.03. The fraction of sp³-hybridized carbons (Fsp3) is 0.409. The zero-order valence-corrected chi connectivity index (χ0v) is 24.6. The monoisotopic (exact) mass is 639 g/mol. The molecule has 2 aromatic heterocycles. The van der Waals surface area contributed by atoms with Crippen LogP contribution in [0.2, 0.25) is 0 Å². The molecular formula is C22H25N9O6S4. The number of carboxylic acids is 1. The number of carboxylic acid groups (broad SMARTS) is 1. The number of anilines is 1. The van der Waals surface area contributed by atoms with Crippen molar-refractivity contribution < 1.29 is 24.3 Å². The lowest BCUT2D eigenvalue weighted by molar-refractivity contribution is -0.150. The highest BCUT2D eigenvalue weighted by Crippen LogP contribution is 2.45. The molecule has 218 valence electrons. The molecule has 0 radical (unpaired) electrons. The third kappa shape index (κ3) is 6.87. The summed E-state index contributed by atoms with van der Waals surface area (Å²) in [6.07, 6.45) is 1.66. The number of carbonyl (C=O) groups excluding carboxylic acids is 3. The Morgan fingerprint density at radius 3 is 2.80 bits per heavy atom. The van der Waals surface area contributed by atoms with E-state index >= 15 is 0 Å². The molecule has 4 atom stereocenters. The van der Waals surface area contributed by atoms with Crippen molar-refractivity contribution in [2.24, 2.45) is 16.6 Å². The second kappa shape index (κ2) is 13.7. The van der Waals surface area contributed by atoms with E-state index in [0.29, 0.717) is 17.2 Å². The molecule has 2 aliphatic rings. The Morgan fingerprint density at radius 1 is 1.34 bits per heavy atom. The van der Waals surface area contributed by atoms with Gasteiger partial charge in [0.15, 0.2) is 5.82 Å². The lowest BCUT2D eigenvalue weighted by Crippen LogP contribution is -2.70. The summed E-state index contributed by atoms with van der Waals surface area (Å²) >= 11 is 4.86. The maximum atomic E-state index is 13.1. The summed E-state index contributed by atoms with van der Waals surface area (Å²) in [6, 6.07) is -0.00232. The van der Waals surface area contributed by atoms with E-state index in [1.807, 2.05) is 6.07 Å². The molecule has 0 saturated carbocycles. The van der Waals surface area contributed by atoms with Gasteiger partial charge in [0, 0.05) is 51.3 Å². The molecule has 4 heterocycles. The first-order valence-corrected chi connectivity index (χ1v) is 15.8. The molecule has 0 bridgehead atoms. The van der Waals surface area contributed by atoms with Gasteiger partial charge >= 0.3 is 5.97 Å². The van der Waals surface area contributed by atoms with Crippen LogP contribution in [-0.2, 0) is 24.9 Å². The third-order valence-corrected chi connectivity index (χ3v) is 9.98. The lowest BCUT2D eigenvalue weighted by atomic mass is 10.0. The second-order valence-corrected chi connectivity index (χ2v) is 12.7. The molecule has 0 spiro atoms. The van der Waals surface area contributed by atoms with Gasteiger partial charge in [-0.05, 0) is 24.2 Å². The van der Waals surface area contributed by atoms with E-state index in [2.05, 4.69) is 30.2 Å². The highest BCUT2D eigenvalue weighted by Gasteiger charge is 2.55. The van der Waals surface area contributed by atoms with Crippen molar-refractivity contribution in [3.05, 3.63) is 45.4 Å². The van der Waals surface area contributed by atoms with Crippen LogP contribution in [0.15, 0.2) is 39.0 Å². The molecule has 4 rings (SSSR count). The number of nitrogens with two attached hydrogens (primary N) is 2. The van der Waals surface area contributed by atoms with Crippen LogP contribution < -0.4 is 22.1 Å². The Balaban J connectivity index is 1.47. The quantitative estimate of drug-likeness (QED) is 0.115. The summed E-state index contributed by atoms with van der Waals surface area (Å²) < 4.78 is 3.91. The van der Waals surface area contributed by atoms with Gasteiger partial charge in [0.1, 0.15) is 17.1 Å². The molecule has 1 saturated heterocycles. The highest BCUT2D eigenvalue weighted by atomic mass is 32.2. The van der Waals surface area contributed by atoms with Gasteiger partial charge in [0.05, 0.1) is 11.7 Å². The van der Waals surface area contributed by atoms with E-state index in [9.17, 15) is 29.2 Å². The number of pyridine rings is 1. The Kier molecular flexibility index (Phi) is 10.3. The van der Waals surface area contributed by atoms with E-state index in [-0.39, 0.29) is 22.4 Å². The predicted octanol–water partition coefficient (Wildman–Crippen LogP) is 0.707. The van der Waals surface area contributed by atoms with E-state index < -0.39 is 47.2 Å². The average Bonchev–Trinajstić information content (AvgIpc) is 3.40. The van der Waals surface area contributed by atoms with Crippen molar-refractivity contribution >= 4 is 75.6 Å². The second-order valence-electron chi connectivity index (χ2n) is 8.61. The number of aliphatic carboxylic acids is 1. The van der Waals surface area contributed by atoms with Crippen molar-refractivity contribution in [2.75, 3.05) is 23.4 Å². The first-order valence-electron chi connectivity index (χ1n) is 12.0. The molecular weight excluding hydrogens is 615 g/mol. The van der Waals surface area contributed by atoms with E-state index in [0.717, 1.165) is 32.8 Å². The standard InChI is InChI=1S/C22H25N9O6S4/c1-9(24)17(32)28-22-27-16(30-41-22)13(29-37)18(33)26-14-19(34)31-15(21(35)36)12(8-39-20(14)31)40-11-3-2-5-25-10(11)7-38-6-4-23/h2-3,5,9,13-14,20H,4,6-8,23-24H2,1H3,(H,26,33)(H,35,36)(H,27,28,30,32)/t9-,13?,14+,20-/m0/s1. The number of fused-ring (bicyclic) bond motifs is 1. The maximum absolute atomic E-state index is 13.1. The van der Waals surface area contributed by atoms with Crippen LogP contribution in [0.5, 0.6) is 0 Å². The minimum atomic E-state index is -1.69. The number of amides is 3. The molecule has 1 fully saturated rings. The van der Waals surface area contributed by atoms with Gasteiger partial charge in [-0.1, -0.05) is 11.8 Å². The topological polar surface area (TPSA) is 236 Å². The van der Waals surface area contributed by atoms with E-state index in [1.54, 1.807) is 24.0 Å². The number of hydrogen-bond donors (Lipinski definition) is 5. The number of carbonyl (C=O) groups is 4. The molecule has 7 N–H and O–H groups in total. The number of nitroso groups, excluding NO2 is 1. The van der Waals surface area contributed by atoms with Crippen LogP contribution in [-0.4, -0.2) is 83.5 Å². The predicted molar refractivity (Wildman–Crippen MR) is 156 cm³/mol. The molecule has 3 amide bonds. The van der Waals surface area contributed by atoms with Crippen molar-refractivity contribution in [3.8, 4) is 0 Å². The Bertz CT molecular complexity index is 1390. The van der Waals surface area contributed by atoms with Gasteiger partial charge in [-0.2, -0.15) is 16.1 Å². The van der Waals surface area contributed by atoms with Gasteiger partial charge in [-0.3, -0.25) is 29.6 Å². The summed E-state index contributed by atoms with van der Waals surface area (Å²) in [4.78, 5) is 72.3. The number of rotatable bonds is 13.